The molecular weight excluding hydrogens is 304 g/mol. The van der Waals surface area contributed by atoms with Gasteiger partial charge in [0.25, 0.3) is 0 Å². The summed E-state index contributed by atoms with van der Waals surface area (Å²) in [5, 5.41) is 10.5. The molecular formula is C16H21BrO2. The molecule has 1 fully saturated rings. The van der Waals surface area contributed by atoms with Crippen LogP contribution in [0.2, 0.25) is 0 Å². The molecule has 2 aliphatic rings. The van der Waals surface area contributed by atoms with Crippen molar-refractivity contribution in [3.8, 4) is 5.75 Å². The molecule has 2 nitrogen and oxygen atoms in total. The molecule has 104 valence electrons. The van der Waals surface area contributed by atoms with Gasteiger partial charge in [-0.1, -0.05) is 29.8 Å². The number of halogens is 1. The maximum absolute atomic E-state index is 10.5. The van der Waals surface area contributed by atoms with Crippen LogP contribution in [0.25, 0.3) is 0 Å². The minimum atomic E-state index is -0.404. The molecule has 0 aromatic heterocycles. The predicted molar refractivity (Wildman–Crippen MR) is 79.3 cm³/mol. The Morgan fingerprint density at radius 2 is 1.89 bits per heavy atom. The Labute approximate surface area is 123 Å². The molecule has 2 unspecified atom stereocenters. The Balaban J connectivity index is 1.94. The maximum Gasteiger partial charge on any atom is 0.126 e. The number of rotatable bonds is 0. The van der Waals surface area contributed by atoms with E-state index in [0.717, 1.165) is 35.0 Å². The van der Waals surface area contributed by atoms with Crippen molar-refractivity contribution in [3.63, 3.8) is 0 Å². The second-order valence-electron chi connectivity index (χ2n) is 6.54. The Morgan fingerprint density at radius 1 is 1.21 bits per heavy atom. The SMILES string of the molecule is CC1CC(C)CC2(C1)C[C@H](O)c1cc(Br)ccc1O2. The first-order valence-corrected chi connectivity index (χ1v) is 7.93. The van der Waals surface area contributed by atoms with Crippen LogP contribution >= 0.6 is 15.9 Å². The third-order valence-electron chi connectivity index (χ3n) is 4.47. The first-order chi connectivity index (χ1) is 8.97. The summed E-state index contributed by atoms with van der Waals surface area (Å²) in [6.45, 7) is 4.59. The summed E-state index contributed by atoms with van der Waals surface area (Å²) in [4.78, 5) is 0. The lowest BCUT2D eigenvalue weighted by Crippen LogP contribution is -2.46. The highest BCUT2D eigenvalue weighted by atomic mass is 79.9. The second kappa shape index (κ2) is 4.78. The van der Waals surface area contributed by atoms with Crippen molar-refractivity contribution >= 4 is 15.9 Å². The number of aliphatic hydroxyl groups excluding tert-OH is 1. The van der Waals surface area contributed by atoms with Gasteiger partial charge in [-0.15, -0.1) is 0 Å². The van der Waals surface area contributed by atoms with Crippen molar-refractivity contribution in [2.45, 2.75) is 51.2 Å². The van der Waals surface area contributed by atoms with Crippen LogP contribution in [0.4, 0.5) is 0 Å². The monoisotopic (exact) mass is 324 g/mol. The Kier molecular flexibility index (Phi) is 3.38. The molecule has 0 radical (unpaired) electrons. The molecule has 1 aliphatic heterocycles. The van der Waals surface area contributed by atoms with Gasteiger partial charge in [-0.2, -0.15) is 0 Å². The number of aliphatic hydroxyl groups is 1. The van der Waals surface area contributed by atoms with Crippen molar-refractivity contribution in [2.24, 2.45) is 11.8 Å². The molecule has 19 heavy (non-hydrogen) atoms. The highest BCUT2D eigenvalue weighted by Gasteiger charge is 2.45. The Morgan fingerprint density at radius 3 is 2.58 bits per heavy atom. The van der Waals surface area contributed by atoms with Crippen molar-refractivity contribution < 1.29 is 9.84 Å². The van der Waals surface area contributed by atoms with E-state index in [1.54, 1.807) is 0 Å². The zero-order chi connectivity index (χ0) is 13.6. The van der Waals surface area contributed by atoms with Gasteiger partial charge in [-0.3, -0.25) is 0 Å². The normalized spacial score (nSPS) is 37.8. The Bertz CT molecular complexity index is 476. The lowest BCUT2D eigenvalue weighted by Gasteiger charge is -2.47. The second-order valence-corrected chi connectivity index (χ2v) is 7.46. The van der Waals surface area contributed by atoms with Crippen molar-refractivity contribution in [1.82, 2.24) is 0 Å². The summed E-state index contributed by atoms with van der Waals surface area (Å²) in [6, 6.07) is 5.94. The van der Waals surface area contributed by atoms with Gasteiger partial charge in [0.2, 0.25) is 0 Å². The molecule has 1 saturated carbocycles. The average Bonchev–Trinajstić information content (AvgIpc) is 2.28. The van der Waals surface area contributed by atoms with E-state index in [1.807, 2.05) is 18.2 Å². The highest BCUT2D eigenvalue weighted by molar-refractivity contribution is 9.10. The molecule has 1 heterocycles. The van der Waals surface area contributed by atoms with E-state index >= 15 is 0 Å². The summed E-state index contributed by atoms with van der Waals surface area (Å²) in [5.74, 6) is 2.21. The van der Waals surface area contributed by atoms with E-state index in [9.17, 15) is 5.11 Å². The molecule has 1 N–H and O–H groups in total. The lowest BCUT2D eigenvalue weighted by molar-refractivity contribution is -0.0624. The molecule has 1 spiro atoms. The van der Waals surface area contributed by atoms with Crippen molar-refractivity contribution in [3.05, 3.63) is 28.2 Å². The van der Waals surface area contributed by atoms with E-state index in [4.69, 9.17) is 4.74 Å². The van der Waals surface area contributed by atoms with Gasteiger partial charge in [0.15, 0.2) is 0 Å². The maximum atomic E-state index is 10.5. The fourth-order valence-corrected chi connectivity index (χ4v) is 4.45. The van der Waals surface area contributed by atoms with E-state index in [-0.39, 0.29) is 5.60 Å². The van der Waals surface area contributed by atoms with Crippen LogP contribution in [0.3, 0.4) is 0 Å². The first-order valence-electron chi connectivity index (χ1n) is 7.14. The molecule has 3 heteroatoms. The van der Waals surface area contributed by atoms with Gasteiger partial charge in [0, 0.05) is 16.5 Å². The predicted octanol–water partition coefficient (Wildman–Crippen LogP) is 4.46. The highest BCUT2D eigenvalue weighted by Crippen LogP contribution is 2.49. The van der Waals surface area contributed by atoms with Crippen LogP contribution in [0.5, 0.6) is 5.75 Å². The van der Waals surface area contributed by atoms with Crippen LogP contribution in [-0.2, 0) is 0 Å². The van der Waals surface area contributed by atoms with Crippen LogP contribution in [-0.4, -0.2) is 10.7 Å². The molecule has 0 amide bonds. The van der Waals surface area contributed by atoms with Gasteiger partial charge in [0.05, 0.1) is 6.10 Å². The van der Waals surface area contributed by atoms with E-state index in [2.05, 4.69) is 29.8 Å². The average molecular weight is 325 g/mol. The lowest BCUT2D eigenvalue weighted by atomic mass is 9.70. The zero-order valence-corrected chi connectivity index (χ0v) is 13.1. The molecule has 3 atom stereocenters. The van der Waals surface area contributed by atoms with Crippen molar-refractivity contribution in [2.75, 3.05) is 0 Å². The number of hydrogen-bond donors (Lipinski definition) is 1. The fraction of sp³-hybridized carbons (Fsp3) is 0.625. The summed E-state index contributed by atoms with van der Waals surface area (Å²) in [5.41, 5.74) is 0.767. The van der Waals surface area contributed by atoms with Crippen LogP contribution in [0, 0.1) is 11.8 Å². The zero-order valence-electron chi connectivity index (χ0n) is 11.5. The molecule has 3 rings (SSSR count). The number of hydrogen-bond acceptors (Lipinski definition) is 2. The molecule has 1 aromatic carbocycles. The van der Waals surface area contributed by atoms with Gasteiger partial charge >= 0.3 is 0 Å². The Hall–Kier alpha value is -0.540. The first kappa shape index (κ1) is 13.4. The number of fused-ring (bicyclic) bond motifs is 1. The van der Waals surface area contributed by atoms with E-state index in [1.165, 1.54) is 6.42 Å². The largest absolute Gasteiger partial charge is 0.487 e. The van der Waals surface area contributed by atoms with E-state index < -0.39 is 6.10 Å². The quantitative estimate of drug-likeness (QED) is 0.763. The smallest absolute Gasteiger partial charge is 0.126 e. The number of ether oxygens (including phenoxy) is 1. The third kappa shape index (κ3) is 2.55. The van der Waals surface area contributed by atoms with Crippen LogP contribution < -0.4 is 4.74 Å². The van der Waals surface area contributed by atoms with Crippen LogP contribution in [0.15, 0.2) is 22.7 Å². The summed E-state index contributed by atoms with van der Waals surface area (Å²) in [6.07, 6.45) is 3.71. The third-order valence-corrected chi connectivity index (χ3v) is 4.96. The van der Waals surface area contributed by atoms with Crippen molar-refractivity contribution in [1.29, 1.82) is 0 Å². The molecule has 1 aliphatic carbocycles. The molecule has 0 saturated heterocycles. The summed E-state index contributed by atoms with van der Waals surface area (Å²) in [7, 11) is 0. The minimum absolute atomic E-state index is 0.155. The van der Waals surface area contributed by atoms with Gasteiger partial charge in [0.1, 0.15) is 11.4 Å². The standard InChI is InChI=1S/C16H21BrO2/c1-10-5-11(2)8-16(7-10)9-14(18)13-6-12(17)3-4-15(13)19-16/h3-4,6,10-11,14,18H,5,7-9H2,1-2H3/t10?,11?,14-,16?/m0/s1. The minimum Gasteiger partial charge on any atom is -0.487 e. The fourth-order valence-electron chi connectivity index (χ4n) is 4.07. The van der Waals surface area contributed by atoms with Crippen LogP contribution in [0.1, 0.15) is 51.2 Å². The molecule has 0 bridgehead atoms. The summed E-state index contributed by atoms with van der Waals surface area (Å²) < 4.78 is 7.34. The van der Waals surface area contributed by atoms with Gasteiger partial charge in [-0.05, 0) is 49.3 Å². The molecule has 1 aromatic rings. The van der Waals surface area contributed by atoms with E-state index in [0.29, 0.717) is 11.8 Å². The topological polar surface area (TPSA) is 29.5 Å². The van der Waals surface area contributed by atoms with Gasteiger partial charge in [-0.25, -0.2) is 0 Å². The number of benzene rings is 1. The summed E-state index contributed by atoms with van der Waals surface area (Å²) >= 11 is 3.46. The van der Waals surface area contributed by atoms with Gasteiger partial charge < -0.3 is 9.84 Å².